The van der Waals surface area contributed by atoms with Gasteiger partial charge >= 0.3 is 0 Å². The lowest BCUT2D eigenvalue weighted by Gasteiger charge is -2.34. The van der Waals surface area contributed by atoms with Crippen molar-refractivity contribution in [2.45, 2.75) is 18.9 Å². The quantitative estimate of drug-likeness (QED) is 0.629. The van der Waals surface area contributed by atoms with Gasteiger partial charge in [-0.2, -0.15) is 0 Å². The summed E-state index contributed by atoms with van der Waals surface area (Å²) in [5.74, 6) is 0. The van der Waals surface area contributed by atoms with Crippen molar-refractivity contribution in [1.82, 2.24) is 0 Å². The fourth-order valence-corrected chi connectivity index (χ4v) is 1.25. The summed E-state index contributed by atoms with van der Waals surface area (Å²) < 4.78 is 31.0. The van der Waals surface area contributed by atoms with Crippen molar-refractivity contribution in [3.8, 4) is 0 Å². The molecule has 0 unspecified atom stereocenters. The lowest BCUT2D eigenvalue weighted by molar-refractivity contribution is -0.398. The molecule has 0 aliphatic carbocycles. The number of hydrogen-bond acceptors (Lipinski definition) is 6. The smallest absolute Gasteiger partial charge is 0.187 e. The van der Waals surface area contributed by atoms with Crippen LogP contribution in [0.4, 0.5) is 0 Å². The van der Waals surface area contributed by atoms with Gasteiger partial charge in [-0.3, -0.25) is 0 Å². The largest absolute Gasteiger partial charge is 0.379 e. The van der Waals surface area contributed by atoms with Crippen molar-refractivity contribution in [2.75, 3.05) is 41.2 Å². The van der Waals surface area contributed by atoms with Gasteiger partial charge in [-0.25, -0.2) is 0 Å². The van der Waals surface area contributed by atoms with Gasteiger partial charge in [0.05, 0.1) is 19.8 Å². The fraction of sp³-hybridized carbons (Fsp3) is 1.00. The second kappa shape index (κ2) is 7.10. The minimum atomic E-state index is -0.441. The molecular formula is C9H18O6. The Hall–Kier alpha value is -0.240. The molecule has 1 aliphatic heterocycles. The summed E-state index contributed by atoms with van der Waals surface area (Å²) in [5, 5.41) is 0. The first-order valence-corrected chi connectivity index (χ1v) is 4.73. The zero-order valence-electron chi connectivity index (χ0n) is 9.30. The molecule has 0 aromatic heterocycles. The molecule has 0 radical (unpaired) electrons. The number of methoxy groups -OCH3 is 3. The molecule has 0 N–H and O–H groups in total. The van der Waals surface area contributed by atoms with Crippen LogP contribution < -0.4 is 0 Å². The third-order valence-corrected chi connectivity index (χ3v) is 1.82. The summed E-state index contributed by atoms with van der Waals surface area (Å²) in [6.45, 7) is 1.05. The highest BCUT2D eigenvalue weighted by molar-refractivity contribution is 4.57. The predicted molar refractivity (Wildman–Crippen MR) is 50.2 cm³/mol. The van der Waals surface area contributed by atoms with Gasteiger partial charge in [0.15, 0.2) is 18.9 Å². The molecule has 90 valence electrons. The highest BCUT2D eigenvalue weighted by Gasteiger charge is 2.30. The zero-order valence-corrected chi connectivity index (χ0v) is 9.30. The first-order chi connectivity index (χ1) is 7.30. The molecule has 1 aliphatic rings. The number of rotatable bonds is 6. The van der Waals surface area contributed by atoms with E-state index in [0.717, 1.165) is 0 Å². The van der Waals surface area contributed by atoms with Crippen LogP contribution in [0.3, 0.4) is 0 Å². The molecule has 1 rings (SSSR count). The van der Waals surface area contributed by atoms with Gasteiger partial charge < -0.3 is 28.4 Å². The van der Waals surface area contributed by atoms with Crippen molar-refractivity contribution in [1.29, 1.82) is 0 Å². The third kappa shape index (κ3) is 4.42. The van der Waals surface area contributed by atoms with E-state index in [9.17, 15) is 0 Å². The minimum Gasteiger partial charge on any atom is -0.379 e. The zero-order chi connectivity index (χ0) is 11.1. The van der Waals surface area contributed by atoms with Crippen LogP contribution in [0.5, 0.6) is 0 Å². The van der Waals surface area contributed by atoms with Gasteiger partial charge in [0, 0.05) is 21.3 Å². The van der Waals surface area contributed by atoms with Crippen LogP contribution in [0.25, 0.3) is 0 Å². The Morgan fingerprint density at radius 3 is 1.13 bits per heavy atom. The Morgan fingerprint density at radius 1 is 0.667 bits per heavy atom. The first kappa shape index (κ1) is 12.8. The summed E-state index contributed by atoms with van der Waals surface area (Å²) in [4.78, 5) is 0. The van der Waals surface area contributed by atoms with Crippen LogP contribution >= 0.6 is 0 Å². The average molecular weight is 222 g/mol. The standard InChI is InChI=1S/C9H18O6/c1-10-4-7-13-8(5-11-2)15-9(14-7)6-12-3/h7-9H,4-6H2,1-3H3. The maximum absolute atomic E-state index is 5.39. The predicted octanol–water partition coefficient (Wildman–Crippen LogP) is -0.0327. The molecule has 0 amide bonds. The van der Waals surface area contributed by atoms with Gasteiger partial charge in [-0.05, 0) is 0 Å². The molecule has 1 fully saturated rings. The lowest BCUT2D eigenvalue weighted by atomic mass is 10.5. The molecule has 15 heavy (non-hydrogen) atoms. The summed E-state index contributed by atoms with van der Waals surface area (Å²) in [6, 6.07) is 0. The Morgan fingerprint density at radius 2 is 0.933 bits per heavy atom. The highest BCUT2D eigenvalue weighted by atomic mass is 16.9. The normalized spacial score (nSPS) is 31.8. The minimum absolute atomic E-state index is 0.351. The number of ether oxygens (including phenoxy) is 6. The van der Waals surface area contributed by atoms with Gasteiger partial charge in [0.25, 0.3) is 0 Å². The van der Waals surface area contributed by atoms with E-state index in [1.54, 1.807) is 21.3 Å². The Labute approximate surface area is 89.3 Å². The van der Waals surface area contributed by atoms with Crippen LogP contribution in [0.15, 0.2) is 0 Å². The summed E-state index contributed by atoms with van der Waals surface area (Å²) in [6.07, 6.45) is -1.32. The van der Waals surface area contributed by atoms with Crippen LogP contribution in [0.2, 0.25) is 0 Å². The fourth-order valence-electron chi connectivity index (χ4n) is 1.25. The SMILES string of the molecule is COCC1OC(COC)OC(COC)O1. The first-order valence-electron chi connectivity index (χ1n) is 4.73. The molecule has 0 saturated carbocycles. The second-order valence-corrected chi connectivity index (χ2v) is 3.06. The maximum atomic E-state index is 5.39. The molecule has 0 bridgehead atoms. The van der Waals surface area contributed by atoms with E-state index in [2.05, 4.69) is 0 Å². The van der Waals surface area contributed by atoms with Gasteiger partial charge in [0.2, 0.25) is 0 Å². The van der Waals surface area contributed by atoms with E-state index < -0.39 is 18.9 Å². The number of hydrogen-bond donors (Lipinski definition) is 0. The summed E-state index contributed by atoms with van der Waals surface area (Å²) in [7, 11) is 4.75. The summed E-state index contributed by atoms with van der Waals surface area (Å²) in [5.41, 5.74) is 0. The molecule has 1 heterocycles. The van der Waals surface area contributed by atoms with E-state index in [0.29, 0.717) is 19.8 Å². The summed E-state index contributed by atoms with van der Waals surface area (Å²) >= 11 is 0. The second-order valence-electron chi connectivity index (χ2n) is 3.06. The van der Waals surface area contributed by atoms with Crippen LogP contribution in [0, 0.1) is 0 Å². The van der Waals surface area contributed by atoms with Gasteiger partial charge in [-0.1, -0.05) is 0 Å². The Bertz CT molecular complexity index is 130. The van der Waals surface area contributed by atoms with E-state index in [1.807, 2.05) is 0 Å². The topological polar surface area (TPSA) is 55.4 Å². The molecule has 6 heteroatoms. The van der Waals surface area contributed by atoms with E-state index in [-0.39, 0.29) is 0 Å². The maximum Gasteiger partial charge on any atom is 0.187 e. The van der Waals surface area contributed by atoms with Crippen LogP contribution in [0.1, 0.15) is 0 Å². The Balaban J connectivity index is 2.40. The van der Waals surface area contributed by atoms with E-state index in [4.69, 9.17) is 28.4 Å². The molecule has 1 saturated heterocycles. The van der Waals surface area contributed by atoms with Crippen molar-refractivity contribution >= 4 is 0 Å². The third-order valence-electron chi connectivity index (χ3n) is 1.82. The monoisotopic (exact) mass is 222 g/mol. The van der Waals surface area contributed by atoms with Crippen molar-refractivity contribution in [3.05, 3.63) is 0 Å². The van der Waals surface area contributed by atoms with Crippen LogP contribution in [-0.4, -0.2) is 60.0 Å². The highest BCUT2D eigenvalue weighted by Crippen LogP contribution is 2.16. The molecule has 0 atom stereocenters. The van der Waals surface area contributed by atoms with Gasteiger partial charge in [-0.15, -0.1) is 0 Å². The van der Waals surface area contributed by atoms with Crippen LogP contribution in [-0.2, 0) is 28.4 Å². The molecular weight excluding hydrogens is 204 g/mol. The average Bonchev–Trinajstić information content (AvgIpc) is 2.19. The molecule has 0 aromatic rings. The van der Waals surface area contributed by atoms with E-state index in [1.165, 1.54) is 0 Å². The van der Waals surface area contributed by atoms with Crippen molar-refractivity contribution in [3.63, 3.8) is 0 Å². The van der Waals surface area contributed by atoms with Crippen molar-refractivity contribution in [2.24, 2.45) is 0 Å². The molecule has 0 aromatic carbocycles. The van der Waals surface area contributed by atoms with E-state index >= 15 is 0 Å². The van der Waals surface area contributed by atoms with Crippen molar-refractivity contribution < 1.29 is 28.4 Å². The van der Waals surface area contributed by atoms with Gasteiger partial charge in [0.1, 0.15) is 0 Å². The Kier molecular flexibility index (Phi) is 6.07. The molecule has 0 spiro atoms. The lowest BCUT2D eigenvalue weighted by Crippen LogP contribution is -2.45. The molecule has 6 nitrogen and oxygen atoms in total.